The van der Waals surface area contributed by atoms with Gasteiger partial charge in [0.05, 0.1) is 5.92 Å². The van der Waals surface area contributed by atoms with Crippen molar-refractivity contribution in [1.29, 1.82) is 0 Å². The summed E-state index contributed by atoms with van der Waals surface area (Å²) in [5.41, 5.74) is 1.56. The lowest BCUT2D eigenvalue weighted by molar-refractivity contribution is -0.127. The van der Waals surface area contributed by atoms with Gasteiger partial charge in [0.1, 0.15) is 0 Å². The van der Waals surface area contributed by atoms with Gasteiger partial charge in [-0.2, -0.15) is 0 Å². The van der Waals surface area contributed by atoms with Crippen molar-refractivity contribution in [2.75, 3.05) is 11.9 Å². The average molecular weight is 276 g/mol. The number of anilines is 1. The summed E-state index contributed by atoms with van der Waals surface area (Å²) < 4.78 is 0. The molecule has 0 saturated heterocycles. The molecule has 2 amide bonds. The van der Waals surface area contributed by atoms with Gasteiger partial charge in [0.25, 0.3) is 0 Å². The molecule has 0 bridgehead atoms. The van der Waals surface area contributed by atoms with Crippen molar-refractivity contribution in [3.05, 3.63) is 29.8 Å². The molecule has 0 saturated carbocycles. The van der Waals surface area contributed by atoms with Gasteiger partial charge in [0, 0.05) is 24.8 Å². The van der Waals surface area contributed by atoms with Crippen LogP contribution in [0.2, 0.25) is 0 Å². The van der Waals surface area contributed by atoms with E-state index in [1.165, 1.54) is 0 Å². The van der Waals surface area contributed by atoms with Crippen LogP contribution in [0.1, 0.15) is 37.7 Å². The molecule has 0 fully saturated rings. The monoisotopic (exact) mass is 276 g/mol. The van der Waals surface area contributed by atoms with E-state index in [1.807, 2.05) is 25.1 Å². The first-order valence-corrected chi connectivity index (χ1v) is 6.95. The lowest BCUT2D eigenvalue weighted by Gasteiger charge is -2.26. The van der Waals surface area contributed by atoms with Crippen LogP contribution in [0.4, 0.5) is 5.69 Å². The second kappa shape index (κ2) is 6.52. The number of hydrogen-bond donors (Lipinski definition) is 3. The van der Waals surface area contributed by atoms with Crippen LogP contribution in [-0.4, -0.2) is 29.6 Å². The predicted octanol–water partition coefficient (Wildman–Crippen LogP) is 1.39. The largest absolute Gasteiger partial charge is 0.396 e. The molecule has 108 valence electrons. The molecular weight excluding hydrogens is 256 g/mol. The minimum atomic E-state index is -0.451. The SMILES string of the molecule is CCC(CCO)NC(=O)C1CC(=O)Nc2ccccc21. The van der Waals surface area contributed by atoms with Crippen LogP contribution in [0, 0.1) is 0 Å². The van der Waals surface area contributed by atoms with Crippen molar-refractivity contribution < 1.29 is 14.7 Å². The number of carbonyl (C=O) groups is 2. The van der Waals surface area contributed by atoms with E-state index in [2.05, 4.69) is 10.6 Å². The first-order valence-electron chi connectivity index (χ1n) is 6.95. The van der Waals surface area contributed by atoms with E-state index in [1.54, 1.807) is 6.07 Å². The third kappa shape index (κ3) is 3.17. The Morgan fingerprint density at radius 2 is 2.25 bits per heavy atom. The maximum Gasteiger partial charge on any atom is 0.228 e. The molecule has 1 aromatic carbocycles. The van der Waals surface area contributed by atoms with E-state index < -0.39 is 5.92 Å². The second-order valence-corrected chi connectivity index (χ2v) is 5.02. The number of nitrogens with one attached hydrogen (secondary N) is 2. The molecule has 20 heavy (non-hydrogen) atoms. The van der Waals surface area contributed by atoms with Gasteiger partial charge in [-0.15, -0.1) is 0 Å². The van der Waals surface area contributed by atoms with Crippen molar-refractivity contribution in [2.24, 2.45) is 0 Å². The Morgan fingerprint density at radius 1 is 1.50 bits per heavy atom. The topological polar surface area (TPSA) is 78.4 Å². The smallest absolute Gasteiger partial charge is 0.228 e. The molecule has 2 unspecified atom stereocenters. The zero-order chi connectivity index (χ0) is 14.5. The number of aliphatic hydroxyl groups excluding tert-OH is 1. The highest BCUT2D eigenvalue weighted by atomic mass is 16.3. The van der Waals surface area contributed by atoms with Crippen molar-refractivity contribution >= 4 is 17.5 Å². The lowest BCUT2D eigenvalue weighted by Crippen LogP contribution is -2.40. The van der Waals surface area contributed by atoms with Gasteiger partial charge in [-0.05, 0) is 24.5 Å². The molecule has 0 radical (unpaired) electrons. The molecule has 5 heteroatoms. The van der Waals surface area contributed by atoms with E-state index in [0.29, 0.717) is 12.1 Å². The van der Waals surface area contributed by atoms with Gasteiger partial charge in [0.2, 0.25) is 11.8 Å². The third-order valence-electron chi connectivity index (χ3n) is 3.63. The molecule has 0 aromatic heterocycles. The average Bonchev–Trinajstić information content (AvgIpc) is 2.45. The van der Waals surface area contributed by atoms with Crippen molar-refractivity contribution in [3.8, 4) is 0 Å². The Bertz CT molecular complexity index is 502. The summed E-state index contributed by atoms with van der Waals surface area (Å²) in [6, 6.07) is 7.32. The zero-order valence-corrected chi connectivity index (χ0v) is 11.6. The van der Waals surface area contributed by atoms with Gasteiger partial charge in [-0.3, -0.25) is 9.59 Å². The Labute approximate surface area is 118 Å². The van der Waals surface area contributed by atoms with Crippen LogP contribution in [0.5, 0.6) is 0 Å². The van der Waals surface area contributed by atoms with Crippen LogP contribution in [0.25, 0.3) is 0 Å². The summed E-state index contributed by atoms with van der Waals surface area (Å²) in [7, 11) is 0. The van der Waals surface area contributed by atoms with Crippen LogP contribution >= 0.6 is 0 Å². The summed E-state index contributed by atoms with van der Waals surface area (Å²) >= 11 is 0. The van der Waals surface area contributed by atoms with E-state index in [4.69, 9.17) is 5.11 Å². The first-order chi connectivity index (χ1) is 9.65. The zero-order valence-electron chi connectivity index (χ0n) is 11.6. The number of aliphatic hydroxyl groups is 1. The van der Waals surface area contributed by atoms with Gasteiger partial charge in [0.15, 0.2) is 0 Å². The van der Waals surface area contributed by atoms with E-state index in [9.17, 15) is 9.59 Å². The molecule has 1 aliphatic rings. The summed E-state index contributed by atoms with van der Waals surface area (Å²) in [5.74, 6) is -0.737. The Kier molecular flexibility index (Phi) is 4.74. The fourth-order valence-electron chi connectivity index (χ4n) is 2.48. The summed E-state index contributed by atoms with van der Waals surface area (Å²) in [5, 5.41) is 14.7. The second-order valence-electron chi connectivity index (χ2n) is 5.02. The molecule has 0 spiro atoms. The molecule has 1 aromatic rings. The molecule has 3 N–H and O–H groups in total. The summed E-state index contributed by atoms with van der Waals surface area (Å²) in [6.45, 7) is 2.00. The van der Waals surface area contributed by atoms with Gasteiger partial charge in [-0.1, -0.05) is 25.1 Å². The van der Waals surface area contributed by atoms with Crippen molar-refractivity contribution in [2.45, 2.75) is 38.1 Å². The predicted molar refractivity (Wildman–Crippen MR) is 76.4 cm³/mol. The summed E-state index contributed by atoms with van der Waals surface area (Å²) in [4.78, 5) is 24.1. The minimum absolute atomic E-state index is 0.0422. The molecule has 2 rings (SSSR count). The van der Waals surface area contributed by atoms with Gasteiger partial charge < -0.3 is 15.7 Å². The molecule has 5 nitrogen and oxygen atoms in total. The Balaban J connectivity index is 2.15. The number of benzene rings is 1. The van der Waals surface area contributed by atoms with E-state index in [0.717, 1.165) is 12.0 Å². The van der Waals surface area contributed by atoms with Gasteiger partial charge >= 0.3 is 0 Å². The molecule has 2 atom stereocenters. The number of rotatable bonds is 5. The third-order valence-corrected chi connectivity index (χ3v) is 3.63. The lowest BCUT2D eigenvalue weighted by atomic mass is 9.89. The number of para-hydroxylation sites is 1. The highest BCUT2D eigenvalue weighted by Crippen LogP contribution is 2.32. The highest BCUT2D eigenvalue weighted by Gasteiger charge is 2.31. The normalized spacial score (nSPS) is 18.9. The maximum atomic E-state index is 12.4. The highest BCUT2D eigenvalue weighted by molar-refractivity contribution is 6.01. The Hall–Kier alpha value is -1.88. The minimum Gasteiger partial charge on any atom is -0.396 e. The summed E-state index contributed by atoms with van der Waals surface area (Å²) in [6.07, 6.45) is 1.45. The molecular formula is C15H20N2O3. The fraction of sp³-hybridized carbons (Fsp3) is 0.467. The van der Waals surface area contributed by atoms with Crippen molar-refractivity contribution in [1.82, 2.24) is 5.32 Å². The quantitative estimate of drug-likeness (QED) is 0.760. The number of amides is 2. The van der Waals surface area contributed by atoms with Crippen LogP contribution < -0.4 is 10.6 Å². The Morgan fingerprint density at radius 3 is 2.95 bits per heavy atom. The van der Waals surface area contributed by atoms with Crippen molar-refractivity contribution in [3.63, 3.8) is 0 Å². The molecule has 1 heterocycles. The van der Waals surface area contributed by atoms with Crippen LogP contribution in [0.3, 0.4) is 0 Å². The number of fused-ring (bicyclic) bond motifs is 1. The number of carbonyl (C=O) groups excluding carboxylic acids is 2. The molecule has 1 aliphatic heterocycles. The standard InChI is InChI=1S/C15H20N2O3/c1-2-10(7-8-18)16-15(20)12-9-14(19)17-13-6-4-3-5-11(12)13/h3-6,10,12,18H,2,7-9H2,1H3,(H,16,20)(H,17,19). The van der Waals surface area contributed by atoms with E-state index >= 15 is 0 Å². The van der Waals surface area contributed by atoms with Gasteiger partial charge in [-0.25, -0.2) is 0 Å². The maximum absolute atomic E-state index is 12.4. The van der Waals surface area contributed by atoms with Crippen LogP contribution in [0.15, 0.2) is 24.3 Å². The number of hydrogen-bond acceptors (Lipinski definition) is 3. The molecule has 0 aliphatic carbocycles. The first kappa shape index (κ1) is 14.5. The fourth-order valence-corrected chi connectivity index (χ4v) is 2.48. The van der Waals surface area contributed by atoms with E-state index in [-0.39, 0.29) is 30.9 Å². The van der Waals surface area contributed by atoms with Crippen LogP contribution in [-0.2, 0) is 9.59 Å².